The number of hydrogen-bond donors (Lipinski definition) is 2. The molecule has 0 bridgehead atoms. The molecule has 1 aromatic carbocycles. The summed E-state index contributed by atoms with van der Waals surface area (Å²) in [5, 5.41) is 0.792. The number of hydrogen-bond acceptors (Lipinski definition) is 2. The van der Waals surface area contributed by atoms with Gasteiger partial charge in [0.2, 0.25) is 0 Å². The zero-order valence-electron chi connectivity index (χ0n) is 11.2. The van der Waals surface area contributed by atoms with Crippen molar-refractivity contribution < 1.29 is 0 Å². The van der Waals surface area contributed by atoms with Crippen LogP contribution in [0.25, 0.3) is 0 Å². The van der Waals surface area contributed by atoms with Crippen LogP contribution in [0, 0.1) is 18.8 Å². The van der Waals surface area contributed by atoms with Crippen LogP contribution < -0.4 is 11.3 Å². The fourth-order valence-electron chi connectivity index (χ4n) is 3.05. The SMILES string of the molecule is Cc1ccc(Cl)cc1C(NN)C1CCC(C)CC1. The maximum Gasteiger partial charge on any atom is 0.0491 e. The van der Waals surface area contributed by atoms with Gasteiger partial charge < -0.3 is 0 Å². The summed E-state index contributed by atoms with van der Waals surface area (Å²) in [6, 6.07) is 6.31. The minimum Gasteiger partial charge on any atom is -0.271 e. The quantitative estimate of drug-likeness (QED) is 0.642. The van der Waals surface area contributed by atoms with Gasteiger partial charge in [-0.05, 0) is 54.9 Å². The van der Waals surface area contributed by atoms with Crippen LogP contribution in [0.1, 0.15) is 49.8 Å². The number of nitrogens with one attached hydrogen (secondary N) is 1. The van der Waals surface area contributed by atoms with Gasteiger partial charge in [0.05, 0.1) is 0 Å². The summed E-state index contributed by atoms with van der Waals surface area (Å²) in [5.74, 6) is 7.29. The Kier molecular flexibility index (Phi) is 4.66. The van der Waals surface area contributed by atoms with Crippen molar-refractivity contribution in [2.24, 2.45) is 17.7 Å². The number of nitrogens with two attached hydrogens (primary N) is 1. The molecule has 1 aromatic rings. The molecule has 0 saturated heterocycles. The van der Waals surface area contributed by atoms with E-state index in [0.717, 1.165) is 10.9 Å². The fourth-order valence-corrected chi connectivity index (χ4v) is 3.23. The van der Waals surface area contributed by atoms with Crippen molar-refractivity contribution in [2.75, 3.05) is 0 Å². The molecule has 1 saturated carbocycles. The predicted molar refractivity (Wildman–Crippen MR) is 77.4 cm³/mol. The van der Waals surface area contributed by atoms with E-state index in [1.54, 1.807) is 0 Å². The third-order valence-corrected chi connectivity index (χ3v) is 4.52. The first-order valence-corrected chi connectivity index (χ1v) is 7.21. The second-order valence-corrected chi connectivity index (χ2v) is 6.10. The second kappa shape index (κ2) is 6.05. The first kappa shape index (κ1) is 13.9. The average molecular weight is 267 g/mol. The zero-order chi connectivity index (χ0) is 13.1. The third-order valence-electron chi connectivity index (χ3n) is 4.29. The van der Waals surface area contributed by atoms with E-state index in [0.29, 0.717) is 5.92 Å². The lowest BCUT2D eigenvalue weighted by Crippen LogP contribution is -2.35. The largest absolute Gasteiger partial charge is 0.271 e. The maximum absolute atomic E-state index is 6.11. The lowest BCUT2D eigenvalue weighted by atomic mass is 9.77. The van der Waals surface area contributed by atoms with Gasteiger partial charge in [-0.1, -0.05) is 37.4 Å². The molecule has 18 heavy (non-hydrogen) atoms. The standard InChI is InChI=1S/C15H23ClN2/c1-10-3-6-12(7-4-10)15(18-17)14-9-13(16)8-5-11(14)2/h5,8-10,12,15,18H,3-4,6-7,17H2,1-2H3. The molecule has 1 fully saturated rings. The molecule has 0 heterocycles. The van der Waals surface area contributed by atoms with Gasteiger partial charge in [-0.3, -0.25) is 11.3 Å². The molecule has 1 atom stereocenters. The highest BCUT2D eigenvalue weighted by atomic mass is 35.5. The van der Waals surface area contributed by atoms with Crippen molar-refractivity contribution in [2.45, 2.75) is 45.6 Å². The van der Waals surface area contributed by atoms with E-state index in [2.05, 4.69) is 31.4 Å². The first-order chi connectivity index (χ1) is 8.61. The van der Waals surface area contributed by atoms with Crippen LogP contribution in [0.5, 0.6) is 0 Å². The molecule has 0 radical (unpaired) electrons. The molecule has 3 heteroatoms. The smallest absolute Gasteiger partial charge is 0.0491 e. The van der Waals surface area contributed by atoms with Crippen LogP contribution in [-0.2, 0) is 0 Å². The van der Waals surface area contributed by atoms with Crippen LogP contribution in [-0.4, -0.2) is 0 Å². The molecule has 2 nitrogen and oxygen atoms in total. The summed E-state index contributed by atoms with van der Waals surface area (Å²) in [7, 11) is 0. The minimum absolute atomic E-state index is 0.233. The molecule has 1 unspecified atom stereocenters. The predicted octanol–water partition coefficient (Wildman–Crippen LogP) is 3.98. The summed E-state index contributed by atoms with van der Waals surface area (Å²) in [6.45, 7) is 4.47. The molecule has 0 aliphatic heterocycles. The topological polar surface area (TPSA) is 38.0 Å². The van der Waals surface area contributed by atoms with Crippen LogP contribution in [0.15, 0.2) is 18.2 Å². The van der Waals surface area contributed by atoms with E-state index in [4.69, 9.17) is 17.4 Å². The Morgan fingerprint density at radius 2 is 1.94 bits per heavy atom. The number of aryl methyl sites for hydroxylation is 1. The third kappa shape index (κ3) is 3.05. The lowest BCUT2D eigenvalue weighted by Gasteiger charge is -2.33. The van der Waals surface area contributed by atoms with Gasteiger partial charge >= 0.3 is 0 Å². The Morgan fingerprint density at radius 1 is 1.28 bits per heavy atom. The van der Waals surface area contributed by atoms with Crippen molar-refractivity contribution in [1.29, 1.82) is 0 Å². The lowest BCUT2D eigenvalue weighted by molar-refractivity contribution is 0.232. The highest BCUT2D eigenvalue weighted by Crippen LogP contribution is 2.37. The number of benzene rings is 1. The Hall–Kier alpha value is -0.570. The average Bonchev–Trinajstić information content (AvgIpc) is 2.37. The van der Waals surface area contributed by atoms with Crippen molar-refractivity contribution in [3.63, 3.8) is 0 Å². The molecule has 2 rings (SSSR count). The normalized spacial score (nSPS) is 26.0. The number of halogens is 1. The van der Waals surface area contributed by atoms with E-state index in [1.807, 2.05) is 6.07 Å². The van der Waals surface area contributed by atoms with Gasteiger partial charge in [0.1, 0.15) is 0 Å². The van der Waals surface area contributed by atoms with Gasteiger partial charge in [-0.2, -0.15) is 0 Å². The Morgan fingerprint density at radius 3 is 2.56 bits per heavy atom. The van der Waals surface area contributed by atoms with E-state index in [1.165, 1.54) is 36.8 Å². The number of hydrazine groups is 1. The van der Waals surface area contributed by atoms with Gasteiger partial charge in [0, 0.05) is 11.1 Å². The maximum atomic E-state index is 6.11. The highest BCUT2D eigenvalue weighted by Gasteiger charge is 2.27. The van der Waals surface area contributed by atoms with Crippen molar-refractivity contribution in [1.82, 2.24) is 5.43 Å². The van der Waals surface area contributed by atoms with Crippen molar-refractivity contribution >= 4 is 11.6 Å². The molecule has 1 aliphatic carbocycles. The second-order valence-electron chi connectivity index (χ2n) is 5.67. The number of rotatable bonds is 3. The molecule has 100 valence electrons. The molecule has 0 spiro atoms. The summed E-state index contributed by atoms with van der Waals surface area (Å²) in [4.78, 5) is 0. The highest BCUT2D eigenvalue weighted by molar-refractivity contribution is 6.30. The molecule has 0 aromatic heterocycles. The molecular formula is C15H23ClN2. The van der Waals surface area contributed by atoms with Gasteiger partial charge in [-0.15, -0.1) is 0 Å². The van der Waals surface area contributed by atoms with Crippen molar-refractivity contribution in [3.8, 4) is 0 Å². The molecular weight excluding hydrogens is 244 g/mol. The summed E-state index contributed by atoms with van der Waals surface area (Å²) < 4.78 is 0. The Bertz CT molecular complexity index is 397. The molecule has 3 N–H and O–H groups in total. The van der Waals surface area contributed by atoms with E-state index >= 15 is 0 Å². The Labute approximate surface area is 115 Å². The fraction of sp³-hybridized carbons (Fsp3) is 0.600. The minimum atomic E-state index is 0.233. The van der Waals surface area contributed by atoms with Crippen LogP contribution >= 0.6 is 11.6 Å². The van der Waals surface area contributed by atoms with E-state index in [-0.39, 0.29) is 6.04 Å². The van der Waals surface area contributed by atoms with Crippen LogP contribution in [0.3, 0.4) is 0 Å². The monoisotopic (exact) mass is 266 g/mol. The summed E-state index contributed by atoms with van der Waals surface area (Å²) in [5.41, 5.74) is 5.53. The van der Waals surface area contributed by atoms with Gasteiger partial charge in [-0.25, -0.2) is 0 Å². The van der Waals surface area contributed by atoms with Gasteiger partial charge in [0.15, 0.2) is 0 Å². The van der Waals surface area contributed by atoms with Crippen molar-refractivity contribution in [3.05, 3.63) is 34.3 Å². The molecule has 1 aliphatic rings. The van der Waals surface area contributed by atoms with E-state index in [9.17, 15) is 0 Å². The Balaban J connectivity index is 2.19. The first-order valence-electron chi connectivity index (χ1n) is 6.84. The summed E-state index contributed by atoms with van der Waals surface area (Å²) >= 11 is 6.11. The van der Waals surface area contributed by atoms with Crippen LogP contribution in [0.4, 0.5) is 0 Å². The van der Waals surface area contributed by atoms with E-state index < -0.39 is 0 Å². The summed E-state index contributed by atoms with van der Waals surface area (Å²) in [6.07, 6.45) is 5.12. The molecule has 0 amide bonds. The van der Waals surface area contributed by atoms with Crippen LogP contribution in [0.2, 0.25) is 5.02 Å². The van der Waals surface area contributed by atoms with Gasteiger partial charge in [0.25, 0.3) is 0 Å². The zero-order valence-corrected chi connectivity index (χ0v) is 12.0.